The third kappa shape index (κ3) is 4.56. The Bertz CT molecular complexity index is 874. The SMILES string of the molecule is COc1cc(C)c(C[NH+](C)[C@H](C)C(=O)Nc2ccc(F)c(F)c2F)cc1OC. The fraction of sp³-hybridized carbons (Fsp3) is 0.350. The van der Waals surface area contributed by atoms with Crippen LogP contribution in [0.2, 0.25) is 0 Å². The summed E-state index contributed by atoms with van der Waals surface area (Å²) >= 11 is 0. The Kier molecular flexibility index (Phi) is 6.90. The van der Waals surface area contributed by atoms with Gasteiger partial charge in [0.1, 0.15) is 6.54 Å². The lowest BCUT2D eigenvalue weighted by Crippen LogP contribution is -3.12. The molecule has 0 radical (unpaired) electrons. The Labute approximate surface area is 162 Å². The van der Waals surface area contributed by atoms with Gasteiger partial charge in [0.05, 0.1) is 27.0 Å². The average Bonchev–Trinajstić information content (AvgIpc) is 2.68. The maximum Gasteiger partial charge on any atom is 0.282 e. The van der Waals surface area contributed by atoms with E-state index in [0.717, 1.165) is 28.2 Å². The van der Waals surface area contributed by atoms with E-state index in [0.29, 0.717) is 18.0 Å². The fourth-order valence-electron chi connectivity index (χ4n) is 2.75. The number of nitrogens with one attached hydrogen (secondary N) is 2. The van der Waals surface area contributed by atoms with Crippen molar-refractivity contribution in [2.24, 2.45) is 0 Å². The molecule has 0 spiro atoms. The van der Waals surface area contributed by atoms with Gasteiger partial charge in [0, 0.05) is 5.56 Å². The number of halogens is 3. The zero-order chi connectivity index (χ0) is 21.0. The summed E-state index contributed by atoms with van der Waals surface area (Å²) in [4.78, 5) is 13.3. The molecule has 1 unspecified atom stereocenters. The quantitative estimate of drug-likeness (QED) is 0.706. The summed E-state index contributed by atoms with van der Waals surface area (Å²) in [5.74, 6) is -3.67. The molecule has 5 nitrogen and oxygen atoms in total. The summed E-state index contributed by atoms with van der Waals surface area (Å²) in [6.45, 7) is 4.07. The van der Waals surface area contributed by atoms with Crippen molar-refractivity contribution in [3.8, 4) is 11.5 Å². The number of likely N-dealkylation sites (N-methyl/N-ethyl adjacent to an activating group) is 1. The van der Waals surface area contributed by atoms with E-state index in [2.05, 4.69) is 5.32 Å². The fourth-order valence-corrected chi connectivity index (χ4v) is 2.75. The van der Waals surface area contributed by atoms with E-state index in [-0.39, 0.29) is 0 Å². The molecule has 0 aromatic heterocycles. The van der Waals surface area contributed by atoms with Gasteiger partial charge in [-0.1, -0.05) is 0 Å². The Morgan fingerprint density at radius 1 is 1.11 bits per heavy atom. The largest absolute Gasteiger partial charge is 0.493 e. The van der Waals surface area contributed by atoms with Crippen LogP contribution in [0.5, 0.6) is 11.5 Å². The summed E-state index contributed by atoms with van der Waals surface area (Å²) in [6.07, 6.45) is 0. The molecular weight excluding hydrogens is 373 g/mol. The third-order valence-electron chi connectivity index (χ3n) is 4.74. The van der Waals surface area contributed by atoms with Gasteiger partial charge >= 0.3 is 0 Å². The van der Waals surface area contributed by atoms with E-state index in [1.807, 2.05) is 26.1 Å². The van der Waals surface area contributed by atoms with Gasteiger partial charge in [0.25, 0.3) is 5.91 Å². The molecule has 2 aromatic carbocycles. The second kappa shape index (κ2) is 8.97. The number of carbonyl (C=O) groups excluding carboxylic acids is 1. The van der Waals surface area contributed by atoms with Crippen molar-refractivity contribution in [2.45, 2.75) is 26.4 Å². The van der Waals surface area contributed by atoms with Gasteiger partial charge in [0.2, 0.25) is 0 Å². The van der Waals surface area contributed by atoms with Gasteiger partial charge in [-0.2, -0.15) is 0 Å². The first-order valence-corrected chi connectivity index (χ1v) is 8.67. The van der Waals surface area contributed by atoms with Crippen LogP contribution < -0.4 is 19.7 Å². The third-order valence-corrected chi connectivity index (χ3v) is 4.74. The van der Waals surface area contributed by atoms with Gasteiger partial charge in [-0.3, -0.25) is 4.79 Å². The first-order chi connectivity index (χ1) is 13.2. The standard InChI is InChI=1S/C20H23F3N2O3/c1-11-8-16(27-4)17(28-5)9-13(11)10-25(3)12(2)20(26)24-15-7-6-14(21)18(22)19(15)23/h6-9,12H,10H2,1-5H3,(H,24,26)/p+1/t12-/m1/s1. The number of benzene rings is 2. The lowest BCUT2D eigenvalue weighted by molar-refractivity contribution is -0.907. The maximum atomic E-state index is 13.8. The number of amides is 1. The van der Waals surface area contributed by atoms with Crippen molar-refractivity contribution in [1.82, 2.24) is 0 Å². The minimum Gasteiger partial charge on any atom is -0.493 e. The molecule has 1 amide bonds. The summed E-state index contributed by atoms with van der Waals surface area (Å²) in [6, 6.07) is 4.87. The van der Waals surface area contributed by atoms with E-state index in [9.17, 15) is 18.0 Å². The van der Waals surface area contributed by atoms with Crippen LogP contribution in [-0.2, 0) is 11.3 Å². The number of quaternary nitrogens is 1. The molecule has 0 aliphatic carbocycles. The monoisotopic (exact) mass is 397 g/mol. The number of carbonyl (C=O) groups is 1. The summed E-state index contributed by atoms with van der Waals surface area (Å²) in [7, 11) is 4.90. The Morgan fingerprint density at radius 2 is 1.71 bits per heavy atom. The lowest BCUT2D eigenvalue weighted by atomic mass is 10.1. The van der Waals surface area contributed by atoms with Crippen LogP contribution in [0.25, 0.3) is 0 Å². The van der Waals surface area contributed by atoms with Crippen molar-refractivity contribution >= 4 is 11.6 Å². The molecule has 0 aliphatic heterocycles. The number of rotatable bonds is 7. The van der Waals surface area contributed by atoms with Crippen molar-refractivity contribution in [3.05, 3.63) is 52.8 Å². The Hall–Kier alpha value is -2.74. The highest BCUT2D eigenvalue weighted by molar-refractivity contribution is 5.93. The first kappa shape index (κ1) is 21.6. The van der Waals surface area contributed by atoms with Gasteiger partial charge in [0.15, 0.2) is 35.0 Å². The number of aryl methyl sites for hydroxylation is 1. The molecule has 0 bridgehead atoms. The van der Waals surface area contributed by atoms with Crippen molar-refractivity contribution < 1.29 is 32.3 Å². The average molecular weight is 397 g/mol. The van der Waals surface area contributed by atoms with Gasteiger partial charge in [-0.15, -0.1) is 0 Å². The molecule has 0 fully saturated rings. The molecule has 2 rings (SSSR count). The van der Waals surface area contributed by atoms with Crippen molar-refractivity contribution in [2.75, 3.05) is 26.6 Å². The normalized spacial score (nSPS) is 13.0. The zero-order valence-electron chi connectivity index (χ0n) is 16.5. The smallest absolute Gasteiger partial charge is 0.282 e. The van der Waals surface area contributed by atoms with Crippen LogP contribution in [0.4, 0.5) is 18.9 Å². The van der Waals surface area contributed by atoms with Crippen molar-refractivity contribution in [3.63, 3.8) is 0 Å². The highest BCUT2D eigenvalue weighted by Crippen LogP contribution is 2.30. The molecule has 0 saturated heterocycles. The highest BCUT2D eigenvalue weighted by Gasteiger charge is 2.25. The minimum atomic E-state index is -1.62. The Morgan fingerprint density at radius 3 is 2.32 bits per heavy atom. The number of hydrogen-bond acceptors (Lipinski definition) is 3. The second-order valence-electron chi connectivity index (χ2n) is 6.59. The van der Waals surface area contributed by atoms with Gasteiger partial charge < -0.3 is 19.7 Å². The molecule has 2 aromatic rings. The van der Waals surface area contributed by atoms with Crippen LogP contribution in [0.15, 0.2) is 24.3 Å². The molecule has 152 valence electrons. The number of ether oxygens (including phenoxy) is 2. The Balaban J connectivity index is 2.13. The molecule has 0 saturated carbocycles. The second-order valence-corrected chi connectivity index (χ2v) is 6.59. The van der Waals surface area contributed by atoms with Crippen LogP contribution in [0.3, 0.4) is 0 Å². The van der Waals surface area contributed by atoms with E-state index in [1.165, 1.54) is 0 Å². The highest BCUT2D eigenvalue weighted by atomic mass is 19.2. The van der Waals surface area contributed by atoms with Crippen LogP contribution in [0, 0.1) is 24.4 Å². The van der Waals surface area contributed by atoms with Crippen molar-refractivity contribution in [1.29, 1.82) is 0 Å². The summed E-state index contributed by atoms with van der Waals surface area (Å²) in [5.41, 5.74) is 1.52. The molecule has 2 atom stereocenters. The molecule has 2 N–H and O–H groups in total. The zero-order valence-corrected chi connectivity index (χ0v) is 16.5. The predicted octanol–water partition coefficient (Wildman–Crippen LogP) is 2.47. The van der Waals surface area contributed by atoms with Crippen LogP contribution in [-0.4, -0.2) is 33.2 Å². The molecule has 28 heavy (non-hydrogen) atoms. The predicted molar refractivity (Wildman–Crippen MR) is 99.3 cm³/mol. The van der Waals surface area contributed by atoms with E-state index >= 15 is 0 Å². The first-order valence-electron chi connectivity index (χ1n) is 8.67. The van der Waals surface area contributed by atoms with Crippen LogP contribution >= 0.6 is 0 Å². The van der Waals surface area contributed by atoms with Gasteiger partial charge in [-0.05, 0) is 43.7 Å². The molecule has 8 heteroatoms. The molecule has 0 aliphatic rings. The maximum absolute atomic E-state index is 13.8. The minimum absolute atomic E-state index is 0.397. The number of methoxy groups -OCH3 is 2. The topological polar surface area (TPSA) is 52.0 Å². The lowest BCUT2D eigenvalue weighted by Gasteiger charge is -2.22. The number of hydrogen-bond donors (Lipinski definition) is 2. The molecular formula is C20H24F3N2O3+. The van der Waals surface area contributed by atoms with E-state index < -0.39 is 35.1 Å². The van der Waals surface area contributed by atoms with E-state index in [4.69, 9.17) is 9.47 Å². The van der Waals surface area contributed by atoms with Crippen LogP contribution in [0.1, 0.15) is 18.1 Å². The summed E-state index contributed by atoms with van der Waals surface area (Å²) < 4.78 is 50.7. The number of anilines is 1. The van der Waals surface area contributed by atoms with E-state index in [1.54, 1.807) is 21.1 Å². The van der Waals surface area contributed by atoms with Gasteiger partial charge in [-0.25, -0.2) is 13.2 Å². The summed E-state index contributed by atoms with van der Waals surface area (Å²) in [5, 5.41) is 2.31. The molecule has 0 heterocycles.